The zero-order valence-electron chi connectivity index (χ0n) is 21.3. The lowest BCUT2D eigenvalue weighted by atomic mass is 10.0. The fourth-order valence-corrected chi connectivity index (χ4v) is 3.63. The molecule has 0 fully saturated rings. The first-order valence-corrected chi connectivity index (χ1v) is 12.2. The Hall–Kier alpha value is -3.92. The van der Waals surface area contributed by atoms with Crippen molar-refractivity contribution in [1.29, 1.82) is 0 Å². The monoisotopic (exact) mass is 512 g/mol. The van der Waals surface area contributed by atoms with Crippen molar-refractivity contribution in [3.8, 4) is 5.75 Å². The highest BCUT2D eigenvalue weighted by Crippen LogP contribution is 2.18. The van der Waals surface area contributed by atoms with Crippen LogP contribution in [0.15, 0.2) is 48.5 Å². The highest BCUT2D eigenvalue weighted by Gasteiger charge is 2.27. The zero-order valence-corrected chi connectivity index (χ0v) is 21.3. The molecule has 0 spiro atoms. The summed E-state index contributed by atoms with van der Waals surface area (Å²) in [6.45, 7) is 4.34. The molecule has 3 amide bonds. The second kappa shape index (κ2) is 15.2. The van der Waals surface area contributed by atoms with E-state index in [4.69, 9.17) is 15.6 Å². The molecule has 6 N–H and O–H groups in total. The van der Waals surface area contributed by atoms with E-state index in [0.29, 0.717) is 25.3 Å². The number of hydrogen-bond acceptors (Lipinski definition) is 6. The predicted octanol–water partition coefficient (Wildman–Crippen LogP) is 1.44. The Morgan fingerprint density at radius 3 is 2.38 bits per heavy atom. The van der Waals surface area contributed by atoms with E-state index in [9.17, 15) is 19.2 Å². The van der Waals surface area contributed by atoms with Crippen LogP contribution in [0, 0.1) is 6.92 Å². The van der Waals surface area contributed by atoms with Crippen molar-refractivity contribution >= 4 is 23.7 Å². The molecule has 2 rings (SSSR count). The largest absolute Gasteiger partial charge is 0.494 e. The Morgan fingerprint density at radius 2 is 1.73 bits per heavy atom. The standard InChI is InChI=1S/C27H36N4O6/c1-18-9-11-22(37-14-6-13-28)15-21(18)17-29-26(35)23(12-10-20-7-4-3-5-8-20)31-27(36)24(16-25(33)34)30-19(2)32/h3-5,7-9,11,15,23-24H,6,10,12-14,16-17,28H2,1-2H3,(H,29,35)(H,30,32)(H,31,36)(H,33,34)/t23-,24-/m0/s1. The average molecular weight is 513 g/mol. The van der Waals surface area contributed by atoms with E-state index < -0.39 is 42.2 Å². The van der Waals surface area contributed by atoms with Crippen LogP contribution in [-0.2, 0) is 32.1 Å². The van der Waals surface area contributed by atoms with Gasteiger partial charge in [-0.3, -0.25) is 19.2 Å². The van der Waals surface area contributed by atoms with Crippen LogP contribution < -0.4 is 26.4 Å². The van der Waals surface area contributed by atoms with Crippen LogP contribution in [0.5, 0.6) is 5.75 Å². The topological polar surface area (TPSA) is 160 Å². The van der Waals surface area contributed by atoms with Crippen molar-refractivity contribution in [1.82, 2.24) is 16.0 Å². The van der Waals surface area contributed by atoms with Crippen LogP contribution >= 0.6 is 0 Å². The summed E-state index contributed by atoms with van der Waals surface area (Å²) < 4.78 is 5.69. The van der Waals surface area contributed by atoms with E-state index in [1.807, 2.05) is 55.5 Å². The fraction of sp³-hybridized carbons (Fsp3) is 0.407. The summed E-state index contributed by atoms with van der Waals surface area (Å²) in [5.41, 5.74) is 8.31. The maximum absolute atomic E-state index is 13.2. The lowest BCUT2D eigenvalue weighted by Crippen LogP contribution is -2.54. The SMILES string of the molecule is CC(=O)N[C@@H](CC(=O)O)C(=O)N[C@@H](CCc1ccccc1)C(=O)NCc1cc(OCCCN)ccc1C. The Labute approximate surface area is 217 Å². The van der Waals surface area contributed by atoms with Crippen LogP contribution in [-0.4, -0.2) is 54.0 Å². The van der Waals surface area contributed by atoms with E-state index in [0.717, 1.165) is 23.1 Å². The van der Waals surface area contributed by atoms with Crippen LogP contribution in [0.25, 0.3) is 0 Å². The van der Waals surface area contributed by atoms with Gasteiger partial charge < -0.3 is 31.5 Å². The van der Waals surface area contributed by atoms with Gasteiger partial charge in [-0.2, -0.15) is 0 Å². The number of nitrogens with one attached hydrogen (secondary N) is 3. The first-order chi connectivity index (χ1) is 17.7. The summed E-state index contributed by atoms with van der Waals surface area (Å²) in [4.78, 5) is 48.7. The summed E-state index contributed by atoms with van der Waals surface area (Å²) in [6.07, 6.45) is 0.911. The third-order valence-corrected chi connectivity index (χ3v) is 5.66. The lowest BCUT2D eigenvalue weighted by molar-refractivity contribution is -0.140. The van der Waals surface area contributed by atoms with Crippen LogP contribution in [0.4, 0.5) is 0 Å². The molecule has 0 bridgehead atoms. The van der Waals surface area contributed by atoms with E-state index in [1.54, 1.807) is 0 Å². The van der Waals surface area contributed by atoms with Gasteiger partial charge in [0.05, 0.1) is 13.0 Å². The van der Waals surface area contributed by atoms with Gasteiger partial charge in [0.25, 0.3) is 0 Å². The molecule has 2 aromatic carbocycles. The van der Waals surface area contributed by atoms with Gasteiger partial charge in [0.15, 0.2) is 0 Å². The average Bonchev–Trinajstić information content (AvgIpc) is 2.86. The normalized spacial score (nSPS) is 12.2. The number of benzene rings is 2. The number of hydrogen-bond donors (Lipinski definition) is 5. The third-order valence-electron chi connectivity index (χ3n) is 5.66. The van der Waals surface area contributed by atoms with Gasteiger partial charge in [0, 0.05) is 13.5 Å². The molecule has 0 radical (unpaired) electrons. The molecule has 10 nitrogen and oxygen atoms in total. The number of amides is 3. The number of carbonyl (C=O) groups is 4. The molecule has 0 saturated carbocycles. The van der Waals surface area contributed by atoms with Gasteiger partial charge in [-0.25, -0.2) is 0 Å². The molecular weight excluding hydrogens is 476 g/mol. The van der Waals surface area contributed by atoms with Crippen molar-refractivity contribution in [3.05, 3.63) is 65.2 Å². The Kier molecular flexibility index (Phi) is 12.1. The van der Waals surface area contributed by atoms with Gasteiger partial charge >= 0.3 is 5.97 Å². The number of aryl methyl sites for hydroxylation is 2. The number of ether oxygens (including phenoxy) is 1. The number of carboxylic acids is 1. The van der Waals surface area contributed by atoms with Gasteiger partial charge in [-0.1, -0.05) is 36.4 Å². The van der Waals surface area contributed by atoms with E-state index in [-0.39, 0.29) is 13.0 Å². The Balaban J connectivity index is 2.13. The highest BCUT2D eigenvalue weighted by molar-refractivity contribution is 5.93. The molecule has 10 heteroatoms. The molecule has 0 heterocycles. The highest BCUT2D eigenvalue weighted by atomic mass is 16.5. The quantitative estimate of drug-likeness (QED) is 0.226. The van der Waals surface area contributed by atoms with Crippen molar-refractivity contribution in [2.45, 2.75) is 58.2 Å². The first kappa shape index (κ1) is 29.3. The maximum atomic E-state index is 13.2. The third kappa shape index (κ3) is 10.7. The van der Waals surface area contributed by atoms with E-state index in [1.165, 1.54) is 6.92 Å². The summed E-state index contributed by atoms with van der Waals surface area (Å²) in [7, 11) is 0. The summed E-state index contributed by atoms with van der Waals surface area (Å²) in [5, 5.41) is 17.0. The maximum Gasteiger partial charge on any atom is 0.305 e. The minimum absolute atomic E-state index is 0.209. The van der Waals surface area contributed by atoms with Gasteiger partial charge in [-0.05, 0) is 61.6 Å². The molecule has 0 aliphatic rings. The molecule has 200 valence electrons. The van der Waals surface area contributed by atoms with Gasteiger partial charge in [-0.15, -0.1) is 0 Å². The summed E-state index contributed by atoms with van der Waals surface area (Å²) >= 11 is 0. The van der Waals surface area contributed by atoms with Crippen molar-refractivity contribution < 1.29 is 29.0 Å². The fourth-order valence-electron chi connectivity index (χ4n) is 3.63. The van der Waals surface area contributed by atoms with Crippen LogP contribution in [0.3, 0.4) is 0 Å². The van der Waals surface area contributed by atoms with Crippen molar-refractivity contribution in [2.24, 2.45) is 5.73 Å². The minimum Gasteiger partial charge on any atom is -0.494 e. The molecule has 0 aliphatic heterocycles. The molecule has 0 aromatic heterocycles. The number of rotatable bonds is 15. The number of aliphatic carboxylic acids is 1. The molecule has 2 aromatic rings. The summed E-state index contributed by atoms with van der Waals surface area (Å²) in [5.74, 6) is -2.28. The molecule has 0 aliphatic carbocycles. The minimum atomic E-state index is -1.30. The molecular formula is C27H36N4O6. The molecule has 0 saturated heterocycles. The second-order valence-corrected chi connectivity index (χ2v) is 8.73. The molecule has 0 unspecified atom stereocenters. The van der Waals surface area contributed by atoms with Gasteiger partial charge in [0.2, 0.25) is 17.7 Å². The number of carbonyl (C=O) groups excluding carboxylic acids is 3. The van der Waals surface area contributed by atoms with Crippen LogP contribution in [0.2, 0.25) is 0 Å². The van der Waals surface area contributed by atoms with Crippen LogP contribution in [0.1, 0.15) is 42.9 Å². The molecule has 2 atom stereocenters. The Bertz CT molecular complexity index is 1040. The zero-order chi connectivity index (χ0) is 27.2. The van der Waals surface area contributed by atoms with Crippen molar-refractivity contribution in [2.75, 3.05) is 13.2 Å². The number of nitrogens with two attached hydrogens (primary N) is 1. The molecule has 37 heavy (non-hydrogen) atoms. The van der Waals surface area contributed by atoms with E-state index in [2.05, 4.69) is 16.0 Å². The second-order valence-electron chi connectivity index (χ2n) is 8.73. The van der Waals surface area contributed by atoms with Crippen molar-refractivity contribution in [3.63, 3.8) is 0 Å². The number of carboxylic acid groups (broad SMARTS) is 1. The van der Waals surface area contributed by atoms with Gasteiger partial charge in [0.1, 0.15) is 17.8 Å². The summed E-state index contributed by atoms with van der Waals surface area (Å²) in [6, 6.07) is 12.8. The Morgan fingerprint density at radius 1 is 1.00 bits per heavy atom. The smallest absolute Gasteiger partial charge is 0.305 e. The first-order valence-electron chi connectivity index (χ1n) is 12.2. The van der Waals surface area contributed by atoms with E-state index >= 15 is 0 Å². The lowest BCUT2D eigenvalue weighted by Gasteiger charge is -2.22. The predicted molar refractivity (Wildman–Crippen MR) is 139 cm³/mol.